The Balaban J connectivity index is 2.55. The topological polar surface area (TPSA) is 96.2 Å². The molecule has 0 amide bonds. The highest BCUT2D eigenvalue weighted by atomic mass is 16.7. The van der Waals surface area contributed by atoms with Crippen molar-refractivity contribution >= 4 is 5.97 Å². The van der Waals surface area contributed by atoms with Gasteiger partial charge in [-0.2, -0.15) is 0 Å². The Labute approximate surface area is 74.7 Å². The fourth-order valence-electron chi connectivity index (χ4n) is 1.13. The van der Waals surface area contributed by atoms with Crippen LogP contribution in [0.3, 0.4) is 0 Å². The van der Waals surface area contributed by atoms with E-state index in [0.29, 0.717) is 0 Å². The van der Waals surface area contributed by atoms with Crippen LogP contribution in [0, 0.1) is 0 Å². The maximum absolute atomic E-state index is 10.5. The average molecular weight is 192 g/mol. The zero-order chi connectivity index (χ0) is 10.0. The van der Waals surface area contributed by atoms with Crippen molar-refractivity contribution in [3.05, 3.63) is 0 Å². The van der Waals surface area contributed by atoms with E-state index in [1.165, 1.54) is 0 Å². The summed E-state index contributed by atoms with van der Waals surface area (Å²) in [5.41, 5.74) is 0. The van der Waals surface area contributed by atoms with E-state index in [0.717, 1.165) is 6.92 Å². The minimum absolute atomic E-state index is 0.435. The van der Waals surface area contributed by atoms with Gasteiger partial charge in [-0.3, -0.25) is 4.79 Å². The molecule has 0 aromatic rings. The highest BCUT2D eigenvalue weighted by molar-refractivity contribution is 5.66. The van der Waals surface area contributed by atoms with Gasteiger partial charge in [-0.15, -0.1) is 0 Å². The van der Waals surface area contributed by atoms with Crippen LogP contribution in [0.4, 0.5) is 0 Å². The first-order valence-corrected chi connectivity index (χ1v) is 3.86. The molecule has 4 atom stereocenters. The van der Waals surface area contributed by atoms with E-state index >= 15 is 0 Å². The molecule has 6 heteroatoms. The largest absolute Gasteiger partial charge is 0.433 e. The highest BCUT2D eigenvalue weighted by Gasteiger charge is 2.44. The molecular formula is C7H12O6. The van der Waals surface area contributed by atoms with Crippen LogP contribution in [0.1, 0.15) is 6.92 Å². The summed E-state index contributed by atoms with van der Waals surface area (Å²) in [6.45, 7) is 0.727. The van der Waals surface area contributed by atoms with Gasteiger partial charge in [0.1, 0.15) is 18.3 Å². The maximum atomic E-state index is 10.5. The summed E-state index contributed by atoms with van der Waals surface area (Å²) < 4.78 is 9.40. The van der Waals surface area contributed by atoms with Crippen molar-refractivity contribution < 1.29 is 29.6 Å². The normalized spacial score (nSPS) is 39.1. The molecule has 13 heavy (non-hydrogen) atoms. The van der Waals surface area contributed by atoms with Gasteiger partial charge in [0.2, 0.25) is 6.29 Å². The van der Waals surface area contributed by atoms with Gasteiger partial charge in [-0.25, -0.2) is 0 Å². The SMILES string of the molecule is CC(=O)O[C@@H]1O[C@H](CO)C(O)C1O. The van der Waals surface area contributed by atoms with Gasteiger partial charge in [-0.1, -0.05) is 0 Å². The van der Waals surface area contributed by atoms with E-state index in [2.05, 4.69) is 4.74 Å². The second-order valence-corrected chi connectivity index (χ2v) is 2.82. The minimum atomic E-state index is -1.30. The lowest BCUT2D eigenvalue weighted by Gasteiger charge is -2.13. The lowest BCUT2D eigenvalue weighted by Crippen LogP contribution is -2.35. The Bertz CT molecular complexity index is 193. The number of rotatable bonds is 2. The van der Waals surface area contributed by atoms with E-state index in [9.17, 15) is 15.0 Å². The number of carbonyl (C=O) groups is 1. The van der Waals surface area contributed by atoms with E-state index in [4.69, 9.17) is 9.84 Å². The quantitative estimate of drug-likeness (QED) is 0.437. The smallest absolute Gasteiger partial charge is 0.305 e. The van der Waals surface area contributed by atoms with Gasteiger partial charge in [-0.05, 0) is 0 Å². The maximum Gasteiger partial charge on any atom is 0.305 e. The molecule has 1 heterocycles. The number of aliphatic hydroxyl groups excluding tert-OH is 3. The Morgan fingerprint density at radius 3 is 2.46 bits per heavy atom. The molecule has 2 unspecified atom stereocenters. The summed E-state index contributed by atoms with van der Waals surface area (Å²) in [4.78, 5) is 10.5. The zero-order valence-corrected chi connectivity index (χ0v) is 7.08. The molecule has 1 saturated heterocycles. The molecule has 76 valence electrons. The van der Waals surface area contributed by atoms with E-state index in [1.54, 1.807) is 0 Å². The van der Waals surface area contributed by atoms with Crippen molar-refractivity contribution in [3.63, 3.8) is 0 Å². The third-order valence-corrected chi connectivity index (χ3v) is 1.78. The fraction of sp³-hybridized carbons (Fsp3) is 0.857. The van der Waals surface area contributed by atoms with Gasteiger partial charge >= 0.3 is 5.97 Å². The predicted molar refractivity (Wildman–Crippen MR) is 39.5 cm³/mol. The third-order valence-electron chi connectivity index (χ3n) is 1.78. The molecule has 0 aliphatic carbocycles. The summed E-state index contributed by atoms with van der Waals surface area (Å²) in [6, 6.07) is 0. The number of ether oxygens (including phenoxy) is 2. The molecule has 0 bridgehead atoms. The van der Waals surface area contributed by atoms with Gasteiger partial charge in [0.25, 0.3) is 0 Å². The fourth-order valence-corrected chi connectivity index (χ4v) is 1.13. The molecule has 1 aliphatic rings. The molecule has 3 N–H and O–H groups in total. The lowest BCUT2D eigenvalue weighted by molar-refractivity contribution is -0.187. The summed E-state index contributed by atoms with van der Waals surface area (Å²) in [6.07, 6.45) is -4.63. The Morgan fingerprint density at radius 2 is 2.08 bits per heavy atom. The minimum Gasteiger partial charge on any atom is -0.433 e. The second-order valence-electron chi connectivity index (χ2n) is 2.82. The molecule has 1 fully saturated rings. The molecule has 0 radical (unpaired) electrons. The molecule has 0 spiro atoms. The molecule has 0 aromatic carbocycles. The van der Waals surface area contributed by atoms with Gasteiger partial charge in [0.15, 0.2) is 0 Å². The first kappa shape index (κ1) is 10.4. The molecule has 0 aromatic heterocycles. The summed E-state index contributed by atoms with van der Waals surface area (Å²) in [5.74, 6) is -0.616. The average Bonchev–Trinajstić information content (AvgIpc) is 2.32. The van der Waals surface area contributed by atoms with Crippen LogP contribution in [0.15, 0.2) is 0 Å². The zero-order valence-electron chi connectivity index (χ0n) is 7.08. The van der Waals surface area contributed by atoms with Crippen molar-refractivity contribution in [2.24, 2.45) is 0 Å². The molecule has 1 aliphatic heterocycles. The van der Waals surface area contributed by atoms with E-state index < -0.39 is 37.2 Å². The van der Waals surface area contributed by atoms with Crippen LogP contribution in [0.2, 0.25) is 0 Å². The Hall–Kier alpha value is -0.690. The number of hydrogen-bond donors (Lipinski definition) is 3. The standard InChI is InChI=1S/C7H12O6/c1-3(9)12-7-6(11)5(10)4(2-8)13-7/h4-8,10-11H,2H2,1H3/t4-,5?,6?,7-/m1/s1. The van der Waals surface area contributed by atoms with Crippen molar-refractivity contribution in [2.75, 3.05) is 6.61 Å². The second kappa shape index (κ2) is 4.01. The van der Waals surface area contributed by atoms with Crippen molar-refractivity contribution in [1.29, 1.82) is 0 Å². The monoisotopic (exact) mass is 192 g/mol. The number of aliphatic hydroxyl groups is 3. The van der Waals surface area contributed by atoms with Crippen LogP contribution >= 0.6 is 0 Å². The predicted octanol–water partition coefficient (Wildman–Crippen LogP) is -2.01. The lowest BCUT2D eigenvalue weighted by atomic mass is 10.1. The van der Waals surface area contributed by atoms with Crippen LogP contribution < -0.4 is 0 Å². The Kier molecular flexibility index (Phi) is 3.21. The van der Waals surface area contributed by atoms with Gasteiger partial charge in [0, 0.05) is 6.92 Å². The molecule has 6 nitrogen and oxygen atoms in total. The summed E-state index contributed by atoms with van der Waals surface area (Å²) in [5, 5.41) is 27.1. The van der Waals surface area contributed by atoms with E-state index in [-0.39, 0.29) is 0 Å². The number of hydrogen-bond acceptors (Lipinski definition) is 6. The first-order valence-electron chi connectivity index (χ1n) is 3.86. The van der Waals surface area contributed by atoms with Crippen molar-refractivity contribution in [2.45, 2.75) is 31.5 Å². The van der Waals surface area contributed by atoms with E-state index in [1.807, 2.05) is 0 Å². The molecule has 1 rings (SSSR count). The van der Waals surface area contributed by atoms with Gasteiger partial charge < -0.3 is 24.8 Å². The first-order chi connectivity index (χ1) is 6.06. The third kappa shape index (κ3) is 2.16. The summed E-state index contributed by atoms with van der Waals surface area (Å²) >= 11 is 0. The van der Waals surface area contributed by atoms with Crippen molar-refractivity contribution in [1.82, 2.24) is 0 Å². The highest BCUT2D eigenvalue weighted by Crippen LogP contribution is 2.21. The molecular weight excluding hydrogens is 180 g/mol. The number of carbonyl (C=O) groups excluding carboxylic acids is 1. The van der Waals surface area contributed by atoms with Crippen LogP contribution in [-0.4, -0.2) is 52.5 Å². The van der Waals surface area contributed by atoms with Crippen molar-refractivity contribution in [3.8, 4) is 0 Å². The molecule has 0 saturated carbocycles. The van der Waals surface area contributed by atoms with Gasteiger partial charge in [0.05, 0.1) is 6.61 Å². The van der Waals surface area contributed by atoms with Crippen LogP contribution in [-0.2, 0) is 14.3 Å². The van der Waals surface area contributed by atoms with Crippen LogP contribution in [0.5, 0.6) is 0 Å². The summed E-state index contributed by atoms with van der Waals surface area (Å²) in [7, 11) is 0. The van der Waals surface area contributed by atoms with Crippen LogP contribution in [0.25, 0.3) is 0 Å². The number of esters is 1. The Morgan fingerprint density at radius 1 is 1.46 bits per heavy atom.